The molecule has 1 aliphatic rings. The van der Waals surface area contributed by atoms with Crippen molar-refractivity contribution in [3.8, 4) is 5.75 Å². The lowest BCUT2D eigenvalue weighted by Crippen LogP contribution is -2.39. The van der Waals surface area contributed by atoms with Gasteiger partial charge in [0.15, 0.2) is 6.61 Å². The summed E-state index contributed by atoms with van der Waals surface area (Å²) in [7, 11) is 0. The predicted octanol–water partition coefficient (Wildman–Crippen LogP) is 2.89. The lowest BCUT2D eigenvalue weighted by Gasteiger charge is -2.22. The van der Waals surface area contributed by atoms with Crippen LogP contribution in [0.3, 0.4) is 0 Å². The van der Waals surface area contributed by atoms with Crippen LogP contribution in [0.25, 0.3) is 0 Å². The van der Waals surface area contributed by atoms with Crippen molar-refractivity contribution in [1.29, 1.82) is 0 Å². The first-order valence-corrected chi connectivity index (χ1v) is 9.05. The highest BCUT2D eigenvalue weighted by Gasteiger charge is 2.24. The van der Waals surface area contributed by atoms with E-state index in [4.69, 9.17) is 4.74 Å². The molecule has 1 heterocycles. The molecule has 3 rings (SSSR count). The molecule has 2 aromatic rings. The number of benzene rings is 2. The summed E-state index contributed by atoms with van der Waals surface area (Å²) < 4.78 is 19.4. The number of halogens is 1. The molecular formula is C21H23FN2O3. The van der Waals surface area contributed by atoms with Gasteiger partial charge in [-0.3, -0.25) is 9.59 Å². The number of rotatable bonds is 4. The third kappa shape index (κ3) is 4.84. The van der Waals surface area contributed by atoms with Crippen molar-refractivity contribution in [3.63, 3.8) is 0 Å². The zero-order valence-corrected chi connectivity index (χ0v) is 15.4. The summed E-state index contributed by atoms with van der Waals surface area (Å²) in [5, 5.41) is 0. The Morgan fingerprint density at radius 2 is 1.74 bits per heavy atom. The van der Waals surface area contributed by atoms with Crippen molar-refractivity contribution >= 4 is 11.8 Å². The van der Waals surface area contributed by atoms with Gasteiger partial charge in [0.2, 0.25) is 0 Å². The minimum Gasteiger partial charge on any atom is -0.484 e. The van der Waals surface area contributed by atoms with Gasteiger partial charge in [-0.05, 0) is 43.2 Å². The fourth-order valence-electron chi connectivity index (χ4n) is 3.12. The number of aryl methyl sites for hydroxylation is 1. The Balaban J connectivity index is 1.55. The largest absolute Gasteiger partial charge is 0.484 e. The smallest absolute Gasteiger partial charge is 0.260 e. The average molecular weight is 370 g/mol. The maximum atomic E-state index is 13.9. The molecule has 0 spiro atoms. The first-order valence-electron chi connectivity index (χ1n) is 9.05. The van der Waals surface area contributed by atoms with E-state index in [2.05, 4.69) is 0 Å². The SMILES string of the molecule is Cc1cccc(OCC(=O)N2CCCN(C(=O)c3ccccc3F)CC2)c1. The van der Waals surface area contributed by atoms with Crippen molar-refractivity contribution in [3.05, 3.63) is 65.5 Å². The quantitative estimate of drug-likeness (QED) is 0.832. The molecule has 142 valence electrons. The Morgan fingerprint density at radius 1 is 1.00 bits per heavy atom. The maximum absolute atomic E-state index is 13.9. The molecule has 0 bridgehead atoms. The summed E-state index contributed by atoms with van der Waals surface area (Å²) in [5.41, 5.74) is 1.14. The molecule has 6 heteroatoms. The second-order valence-electron chi connectivity index (χ2n) is 6.61. The molecule has 0 radical (unpaired) electrons. The lowest BCUT2D eigenvalue weighted by atomic mass is 10.2. The van der Waals surface area contributed by atoms with Crippen LogP contribution in [0, 0.1) is 12.7 Å². The van der Waals surface area contributed by atoms with E-state index in [0.29, 0.717) is 38.3 Å². The van der Waals surface area contributed by atoms with Crippen LogP contribution in [0.15, 0.2) is 48.5 Å². The van der Waals surface area contributed by atoms with Gasteiger partial charge in [0.05, 0.1) is 5.56 Å². The van der Waals surface area contributed by atoms with Gasteiger partial charge in [-0.1, -0.05) is 24.3 Å². The fourth-order valence-corrected chi connectivity index (χ4v) is 3.12. The van der Waals surface area contributed by atoms with E-state index in [9.17, 15) is 14.0 Å². The molecule has 1 aliphatic heterocycles. The van der Waals surface area contributed by atoms with Gasteiger partial charge in [0.25, 0.3) is 11.8 Å². The minimum absolute atomic E-state index is 0.0370. The summed E-state index contributed by atoms with van der Waals surface area (Å²) in [6.07, 6.45) is 0.649. The van der Waals surface area contributed by atoms with Crippen molar-refractivity contribution in [1.82, 2.24) is 9.80 Å². The number of carbonyl (C=O) groups is 2. The standard InChI is InChI=1S/C21H23FN2O3/c1-16-6-4-7-17(14-16)27-15-20(25)23-10-5-11-24(13-12-23)21(26)18-8-2-3-9-19(18)22/h2-4,6-9,14H,5,10-13,15H2,1H3. The van der Waals surface area contributed by atoms with Crippen LogP contribution in [0.1, 0.15) is 22.3 Å². The average Bonchev–Trinajstić information content (AvgIpc) is 2.92. The normalized spacial score (nSPS) is 14.6. The van der Waals surface area contributed by atoms with E-state index in [1.165, 1.54) is 12.1 Å². The molecule has 0 atom stereocenters. The highest BCUT2D eigenvalue weighted by atomic mass is 19.1. The van der Waals surface area contributed by atoms with Crippen LogP contribution in [0.4, 0.5) is 4.39 Å². The summed E-state index contributed by atoms with van der Waals surface area (Å²) in [5.74, 6) is -0.309. The third-order valence-corrected chi connectivity index (χ3v) is 4.59. The monoisotopic (exact) mass is 370 g/mol. The van der Waals surface area contributed by atoms with E-state index in [0.717, 1.165) is 5.56 Å². The van der Waals surface area contributed by atoms with Crippen LogP contribution in [0.5, 0.6) is 5.75 Å². The minimum atomic E-state index is -0.522. The van der Waals surface area contributed by atoms with Crippen molar-refractivity contribution in [2.75, 3.05) is 32.8 Å². The third-order valence-electron chi connectivity index (χ3n) is 4.59. The molecule has 2 amide bonds. The zero-order chi connectivity index (χ0) is 19.2. The van der Waals surface area contributed by atoms with E-state index < -0.39 is 5.82 Å². The highest BCUT2D eigenvalue weighted by molar-refractivity contribution is 5.94. The molecule has 0 aromatic heterocycles. The van der Waals surface area contributed by atoms with E-state index in [-0.39, 0.29) is 24.0 Å². The lowest BCUT2D eigenvalue weighted by molar-refractivity contribution is -0.133. The van der Waals surface area contributed by atoms with Gasteiger partial charge in [0, 0.05) is 26.2 Å². The molecule has 2 aromatic carbocycles. The van der Waals surface area contributed by atoms with Gasteiger partial charge in [-0.15, -0.1) is 0 Å². The van der Waals surface area contributed by atoms with Crippen molar-refractivity contribution in [2.45, 2.75) is 13.3 Å². The Labute approximate surface area is 158 Å². The molecule has 0 unspecified atom stereocenters. The predicted molar refractivity (Wildman–Crippen MR) is 100 cm³/mol. The van der Waals surface area contributed by atoms with E-state index in [1.54, 1.807) is 21.9 Å². The van der Waals surface area contributed by atoms with Gasteiger partial charge in [-0.2, -0.15) is 0 Å². The molecule has 27 heavy (non-hydrogen) atoms. The second kappa shape index (κ2) is 8.66. The fraction of sp³-hybridized carbons (Fsp3) is 0.333. The Morgan fingerprint density at radius 3 is 2.52 bits per heavy atom. The summed E-state index contributed by atoms with van der Waals surface area (Å²) in [4.78, 5) is 28.3. The molecule has 0 aliphatic carbocycles. The number of hydrogen-bond donors (Lipinski definition) is 0. The Bertz CT molecular complexity index is 825. The number of carbonyl (C=O) groups excluding carboxylic acids is 2. The molecule has 1 saturated heterocycles. The van der Waals surface area contributed by atoms with Crippen LogP contribution >= 0.6 is 0 Å². The van der Waals surface area contributed by atoms with Crippen LogP contribution in [-0.2, 0) is 4.79 Å². The van der Waals surface area contributed by atoms with Gasteiger partial charge in [0.1, 0.15) is 11.6 Å². The van der Waals surface area contributed by atoms with Gasteiger partial charge >= 0.3 is 0 Å². The van der Waals surface area contributed by atoms with Gasteiger partial charge < -0.3 is 14.5 Å². The highest BCUT2D eigenvalue weighted by Crippen LogP contribution is 2.14. The topological polar surface area (TPSA) is 49.9 Å². The number of hydrogen-bond acceptors (Lipinski definition) is 3. The van der Waals surface area contributed by atoms with Crippen LogP contribution in [0.2, 0.25) is 0 Å². The number of amides is 2. The van der Waals surface area contributed by atoms with Crippen LogP contribution < -0.4 is 4.74 Å². The van der Waals surface area contributed by atoms with E-state index >= 15 is 0 Å². The molecule has 0 N–H and O–H groups in total. The van der Waals surface area contributed by atoms with Crippen molar-refractivity contribution < 1.29 is 18.7 Å². The summed E-state index contributed by atoms with van der Waals surface area (Å²) >= 11 is 0. The number of nitrogens with zero attached hydrogens (tertiary/aromatic N) is 2. The summed E-state index contributed by atoms with van der Waals surface area (Å²) in [6, 6.07) is 13.5. The zero-order valence-electron chi connectivity index (χ0n) is 15.4. The molecular weight excluding hydrogens is 347 g/mol. The van der Waals surface area contributed by atoms with E-state index in [1.807, 2.05) is 31.2 Å². The Kier molecular flexibility index (Phi) is 6.06. The first kappa shape index (κ1) is 18.9. The summed E-state index contributed by atoms with van der Waals surface area (Å²) in [6.45, 7) is 3.77. The Hall–Kier alpha value is -2.89. The second-order valence-corrected chi connectivity index (χ2v) is 6.61. The van der Waals surface area contributed by atoms with Gasteiger partial charge in [-0.25, -0.2) is 4.39 Å². The van der Waals surface area contributed by atoms with Crippen molar-refractivity contribution in [2.24, 2.45) is 0 Å². The van der Waals surface area contributed by atoms with Crippen LogP contribution in [-0.4, -0.2) is 54.4 Å². The molecule has 0 saturated carbocycles. The number of ether oxygens (including phenoxy) is 1. The maximum Gasteiger partial charge on any atom is 0.260 e. The molecule has 1 fully saturated rings. The molecule has 5 nitrogen and oxygen atoms in total. The first-order chi connectivity index (χ1) is 13.0.